The minimum absolute atomic E-state index is 0.0927. The molecule has 2 N–H and O–H groups in total. The minimum Gasteiger partial charge on any atom is -0.383 e. The zero-order valence-electron chi connectivity index (χ0n) is 11.7. The maximum Gasteiger partial charge on any atom is 0.398 e. The Labute approximate surface area is 155 Å². The van der Waals surface area contributed by atoms with E-state index in [-0.39, 0.29) is 26.5 Å². The summed E-state index contributed by atoms with van der Waals surface area (Å²) in [6.07, 6.45) is -2.89. The molecule has 0 bridgehead atoms. The van der Waals surface area contributed by atoms with Gasteiger partial charge in [-0.25, -0.2) is 9.98 Å². The molecule has 0 amide bonds. The minimum atomic E-state index is -4.31. The van der Waals surface area contributed by atoms with Gasteiger partial charge in [-0.1, -0.05) is 34.8 Å². The van der Waals surface area contributed by atoms with Crippen molar-refractivity contribution >= 4 is 58.1 Å². The van der Waals surface area contributed by atoms with Crippen LogP contribution in [-0.4, -0.2) is 22.7 Å². The number of hydrogen-bond acceptors (Lipinski definition) is 3. The number of aromatic nitrogens is 1. The molecule has 0 aliphatic heterocycles. The first-order chi connectivity index (χ1) is 11.2. The van der Waals surface area contributed by atoms with E-state index in [2.05, 4.69) is 9.98 Å². The SMILES string of the molecule is N/C(=N\c1cc(SCC(F)(F)F)c(Cl)cc1Cl)c1ccc(Cl)nc1. The number of hydrogen-bond donors (Lipinski definition) is 1. The van der Waals surface area contributed by atoms with Crippen LogP contribution >= 0.6 is 46.6 Å². The Balaban J connectivity index is 2.32. The molecule has 0 saturated carbocycles. The molecule has 24 heavy (non-hydrogen) atoms. The van der Waals surface area contributed by atoms with Gasteiger partial charge in [-0.2, -0.15) is 13.2 Å². The van der Waals surface area contributed by atoms with Gasteiger partial charge >= 0.3 is 6.18 Å². The highest BCUT2D eigenvalue weighted by atomic mass is 35.5. The van der Waals surface area contributed by atoms with E-state index in [1.165, 1.54) is 24.4 Å². The zero-order valence-corrected chi connectivity index (χ0v) is 14.8. The normalized spacial score (nSPS) is 12.5. The molecule has 0 spiro atoms. The number of amidine groups is 1. The molecule has 0 radical (unpaired) electrons. The van der Waals surface area contributed by atoms with E-state index in [0.29, 0.717) is 22.5 Å². The maximum atomic E-state index is 12.4. The summed E-state index contributed by atoms with van der Waals surface area (Å²) < 4.78 is 37.1. The predicted molar refractivity (Wildman–Crippen MR) is 92.9 cm³/mol. The molecule has 0 aliphatic rings. The van der Waals surface area contributed by atoms with Crippen molar-refractivity contribution in [2.24, 2.45) is 10.7 Å². The number of nitrogens with zero attached hydrogens (tertiary/aromatic N) is 2. The summed E-state index contributed by atoms with van der Waals surface area (Å²) in [6, 6.07) is 5.83. The fraction of sp³-hybridized carbons (Fsp3) is 0.143. The van der Waals surface area contributed by atoms with Crippen LogP contribution in [0.5, 0.6) is 0 Å². The lowest BCUT2D eigenvalue weighted by atomic mass is 10.2. The van der Waals surface area contributed by atoms with Crippen LogP contribution in [0.1, 0.15) is 5.56 Å². The van der Waals surface area contributed by atoms with Crippen molar-refractivity contribution in [2.75, 3.05) is 5.75 Å². The zero-order chi connectivity index (χ0) is 17.9. The van der Waals surface area contributed by atoms with Gasteiger partial charge in [0.05, 0.1) is 21.5 Å². The molecule has 1 aromatic carbocycles. The lowest BCUT2D eigenvalue weighted by molar-refractivity contribution is -0.105. The first-order valence-corrected chi connectivity index (χ1v) is 8.42. The van der Waals surface area contributed by atoms with Crippen LogP contribution in [0.2, 0.25) is 15.2 Å². The fourth-order valence-corrected chi connectivity index (χ4v) is 3.01. The maximum absolute atomic E-state index is 12.4. The third-order valence-corrected chi connectivity index (χ3v) is 4.73. The van der Waals surface area contributed by atoms with Gasteiger partial charge in [0.15, 0.2) is 0 Å². The number of halogens is 6. The average molecular weight is 415 g/mol. The molecule has 3 nitrogen and oxygen atoms in total. The molecule has 2 rings (SSSR count). The quantitative estimate of drug-likeness (QED) is 0.301. The summed E-state index contributed by atoms with van der Waals surface area (Å²) in [5, 5.41) is 0.572. The van der Waals surface area contributed by atoms with E-state index in [4.69, 9.17) is 40.5 Å². The van der Waals surface area contributed by atoms with Gasteiger partial charge in [0.1, 0.15) is 11.0 Å². The van der Waals surface area contributed by atoms with Crippen LogP contribution in [-0.2, 0) is 0 Å². The molecule has 0 saturated heterocycles. The number of thioether (sulfide) groups is 1. The second-order valence-electron chi connectivity index (χ2n) is 4.50. The van der Waals surface area contributed by atoms with Crippen LogP contribution < -0.4 is 5.73 Å². The Morgan fingerprint density at radius 3 is 2.46 bits per heavy atom. The second-order valence-corrected chi connectivity index (χ2v) is 6.72. The van der Waals surface area contributed by atoms with E-state index in [1.54, 1.807) is 6.07 Å². The Morgan fingerprint density at radius 2 is 1.88 bits per heavy atom. The van der Waals surface area contributed by atoms with Crippen molar-refractivity contribution in [2.45, 2.75) is 11.1 Å². The Hall–Kier alpha value is -1.15. The van der Waals surface area contributed by atoms with Crippen molar-refractivity contribution in [3.63, 3.8) is 0 Å². The molecule has 10 heteroatoms. The largest absolute Gasteiger partial charge is 0.398 e. The van der Waals surface area contributed by atoms with Crippen LogP contribution in [0, 0.1) is 0 Å². The van der Waals surface area contributed by atoms with E-state index in [0.717, 1.165) is 0 Å². The van der Waals surface area contributed by atoms with Crippen LogP contribution in [0.25, 0.3) is 0 Å². The molecular weight excluding hydrogens is 406 g/mol. The predicted octanol–water partition coefficient (Wildman–Crippen LogP) is 5.73. The third kappa shape index (κ3) is 5.44. The summed E-state index contributed by atoms with van der Waals surface area (Å²) in [4.78, 5) is 8.21. The van der Waals surface area contributed by atoms with E-state index in [1.807, 2.05) is 0 Å². The molecular formula is C14H9Cl3F3N3S. The summed E-state index contributed by atoms with van der Waals surface area (Å²) in [5.41, 5.74) is 6.57. The lowest BCUT2D eigenvalue weighted by Gasteiger charge is -2.10. The van der Waals surface area contributed by atoms with E-state index < -0.39 is 11.9 Å². The number of nitrogens with two attached hydrogens (primary N) is 1. The highest BCUT2D eigenvalue weighted by molar-refractivity contribution is 7.99. The van der Waals surface area contributed by atoms with Crippen molar-refractivity contribution in [1.82, 2.24) is 4.98 Å². The Morgan fingerprint density at radius 1 is 1.17 bits per heavy atom. The van der Waals surface area contributed by atoms with Crippen LogP contribution in [0.4, 0.5) is 18.9 Å². The molecule has 2 aromatic rings. The van der Waals surface area contributed by atoms with Crippen LogP contribution in [0.3, 0.4) is 0 Å². The number of pyridine rings is 1. The first kappa shape index (κ1) is 19.2. The highest BCUT2D eigenvalue weighted by Gasteiger charge is 2.27. The summed E-state index contributed by atoms with van der Waals surface area (Å²) in [6.45, 7) is 0. The van der Waals surface area contributed by atoms with Crippen molar-refractivity contribution in [3.8, 4) is 0 Å². The van der Waals surface area contributed by atoms with Gasteiger partial charge in [-0.05, 0) is 24.3 Å². The van der Waals surface area contributed by atoms with Gasteiger partial charge in [0.2, 0.25) is 0 Å². The monoisotopic (exact) mass is 413 g/mol. The van der Waals surface area contributed by atoms with E-state index >= 15 is 0 Å². The molecule has 1 aromatic heterocycles. The van der Waals surface area contributed by atoms with Gasteiger partial charge < -0.3 is 5.73 Å². The molecule has 1 heterocycles. The number of rotatable bonds is 4. The molecule has 128 valence electrons. The smallest absolute Gasteiger partial charge is 0.383 e. The molecule has 0 aliphatic carbocycles. The van der Waals surface area contributed by atoms with Crippen molar-refractivity contribution < 1.29 is 13.2 Å². The molecule has 0 unspecified atom stereocenters. The average Bonchev–Trinajstić information content (AvgIpc) is 2.48. The standard InChI is InChI=1S/C14H9Cl3F3N3S/c15-8-3-9(16)11(24-6-14(18,19)20)4-10(8)23-13(21)7-1-2-12(17)22-5-7/h1-5H,6H2,(H2,21,23). The Kier molecular flexibility index (Phi) is 6.25. The first-order valence-electron chi connectivity index (χ1n) is 6.30. The van der Waals surface area contributed by atoms with Gasteiger partial charge in [0.25, 0.3) is 0 Å². The summed E-state index contributed by atoms with van der Waals surface area (Å²) in [5.74, 6) is -0.983. The number of aliphatic imine (C=N–C) groups is 1. The highest BCUT2D eigenvalue weighted by Crippen LogP contribution is 2.38. The topological polar surface area (TPSA) is 51.3 Å². The number of benzene rings is 1. The third-order valence-electron chi connectivity index (χ3n) is 2.66. The lowest BCUT2D eigenvalue weighted by Crippen LogP contribution is -2.13. The van der Waals surface area contributed by atoms with Gasteiger partial charge in [-0.3, -0.25) is 0 Å². The van der Waals surface area contributed by atoms with E-state index in [9.17, 15) is 13.2 Å². The molecule has 0 fully saturated rings. The Bertz CT molecular complexity index is 764. The second kappa shape index (κ2) is 7.82. The summed E-state index contributed by atoms with van der Waals surface area (Å²) >= 11 is 18.2. The van der Waals surface area contributed by atoms with Gasteiger partial charge in [0, 0.05) is 16.7 Å². The van der Waals surface area contributed by atoms with Crippen LogP contribution in [0.15, 0.2) is 40.4 Å². The van der Waals surface area contributed by atoms with Gasteiger partial charge in [-0.15, -0.1) is 11.8 Å². The fourth-order valence-electron chi connectivity index (χ4n) is 1.60. The molecule has 0 atom stereocenters. The van der Waals surface area contributed by atoms with Crippen molar-refractivity contribution in [1.29, 1.82) is 0 Å². The number of alkyl halides is 3. The summed E-state index contributed by atoms with van der Waals surface area (Å²) in [7, 11) is 0. The van der Waals surface area contributed by atoms with Crippen molar-refractivity contribution in [3.05, 3.63) is 51.2 Å².